The van der Waals surface area contributed by atoms with Crippen LogP contribution in [0.3, 0.4) is 0 Å². The summed E-state index contributed by atoms with van der Waals surface area (Å²) < 4.78 is 24.5. The first-order chi connectivity index (χ1) is 13.9. The van der Waals surface area contributed by atoms with Crippen LogP contribution in [0.1, 0.15) is 18.0 Å². The Morgan fingerprint density at radius 1 is 1.28 bits per heavy atom. The number of likely N-dealkylation sites (tertiary alicyclic amines) is 1. The average molecular weight is 421 g/mol. The molecule has 0 aliphatic carbocycles. The minimum absolute atomic E-state index is 0.0599. The number of ether oxygens (including phenoxy) is 2. The predicted molar refractivity (Wildman–Crippen MR) is 115 cm³/mol. The van der Waals surface area contributed by atoms with Gasteiger partial charge in [-0.25, -0.2) is 4.39 Å². The molecular weight excluding hydrogens is 395 g/mol. The van der Waals surface area contributed by atoms with Gasteiger partial charge in [0.05, 0.1) is 24.9 Å². The Morgan fingerprint density at radius 3 is 2.76 bits per heavy atom. The third-order valence-electron chi connectivity index (χ3n) is 5.22. The second kappa shape index (κ2) is 9.33. The maximum atomic E-state index is 13.9. The van der Waals surface area contributed by atoms with E-state index in [2.05, 4.69) is 15.2 Å². The van der Waals surface area contributed by atoms with E-state index >= 15 is 0 Å². The molecule has 0 aromatic heterocycles. The Hall–Kier alpha value is -2.51. The number of halogens is 2. The van der Waals surface area contributed by atoms with E-state index in [4.69, 9.17) is 26.8 Å². The van der Waals surface area contributed by atoms with E-state index in [1.165, 1.54) is 6.07 Å². The molecule has 1 saturated heterocycles. The van der Waals surface area contributed by atoms with Crippen molar-refractivity contribution in [2.45, 2.75) is 12.5 Å². The Morgan fingerprint density at radius 2 is 2.07 bits per heavy atom. The lowest BCUT2D eigenvalue weighted by Gasteiger charge is -2.25. The first-order valence-corrected chi connectivity index (χ1v) is 9.75. The number of nitrogens with two attached hydrogens (primary N) is 1. The number of benzene rings is 2. The number of rotatable bonds is 6. The molecule has 8 heteroatoms. The highest BCUT2D eigenvalue weighted by atomic mass is 35.5. The highest BCUT2D eigenvalue weighted by Crippen LogP contribution is 2.37. The molecule has 2 aromatic rings. The number of guanidine groups is 1. The zero-order chi connectivity index (χ0) is 21.0. The number of aliphatic imine (C=N–C) groups is 1. The van der Waals surface area contributed by atoms with Gasteiger partial charge in [-0.1, -0.05) is 17.7 Å². The summed E-state index contributed by atoms with van der Waals surface area (Å²) in [4.78, 5) is 6.73. The molecule has 1 fully saturated rings. The van der Waals surface area contributed by atoms with E-state index in [9.17, 15) is 4.39 Å². The normalized spacial score (nSPS) is 20.0. The molecule has 2 atom stereocenters. The fourth-order valence-electron chi connectivity index (χ4n) is 3.75. The largest absolute Gasteiger partial charge is 0.497 e. The van der Waals surface area contributed by atoms with Crippen molar-refractivity contribution in [1.29, 1.82) is 0 Å². The third-order valence-corrected chi connectivity index (χ3v) is 5.53. The van der Waals surface area contributed by atoms with E-state index in [1.807, 2.05) is 19.2 Å². The molecule has 2 unspecified atom stereocenters. The zero-order valence-electron chi connectivity index (χ0n) is 16.8. The Balaban J connectivity index is 1.73. The van der Waals surface area contributed by atoms with Gasteiger partial charge in [0.2, 0.25) is 0 Å². The monoisotopic (exact) mass is 420 g/mol. The second-order valence-electron chi connectivity index (χ2n) is 7.06. The summed E-state index contributed by atoms with van der Waals surface area (Å²) in [5.74, 6) is 1.42. The van der Waals surface area contributed by atoms with Crippen LogP contribution < -0.4 is 20.5 Å². The predicted octanol–water partition coefficient (Wildman–Crippen LogP) is 3.92. The van der Waals surface area contributed by atoms with E-state index in [0.29, 0.717) is 23.7 Å². The van der Waals surface area contributed by atoms with Crippen LogP contribution in [-0.2, 0) is 0 Å². The summed E-state index contributed by atoms with van der Waals surface area (Å²) >= 11 is 5.83. The van der Waals surface area contributed by atoms with E-state index in [-0.39, 0.29) is 22.9 Å². The van der Waals surface area contributed by atoms with Crippen molar-refractivity contribution in [2.24, 2.45) is 16.6 Å². The van der Waals surface area contributed by atoms with Crippen molar-refractivity contribution in [3.63, 3.8) is 0 Å². The number of anilines is 1. The molecule has 0 spiro atoms. The molecule has 0 bridgehead atoms. The van der Waals surface area contributed by atoms with Crippen LogP contribution in [0.2, 0.25) is 5.02 Å². The van der Waals surface area contributed by atoms with Gasteiger partial charge in [-0.3, -0.25) is 9.89 Å². The standard InChI is InChI=1S/C21H26ClFN4O2/c1-27-9-8-14(20(27)13-4-6-16(22)17(23)10-13)12-25-21(24)26-18-11-15(28-2)5-7-19(18)29-3/h4-7,10-11,14,20H,8-9,12H2,1-3H3,(H3,24,25,26). The Bertz CT molecular complexity index is 893. The second-order valence-corrected chi connectivity index (χ2v) is 7.47. The van der Waals surface area contributed by atoms with Crippen LogP contribution in [0.15, 0.2) is 41.4 Å². The maximum absolute atomic E-state index is 13.9. The number of hydrogen-bond acceptors (Lipinski definition) is 4. The van der Waals surface area contributed by atoms with Crippen LogP contribution in [0, 0.1) is 11.7 Å². The van der Waals surface area contributed by atoms with Crippen LogP contribution in [0.25, 0.3) is 0 Å². The van der Waals surface area contributed by atoms with Crippen LogP contribution in [-0.4, -0.2) is 45.2 Å². The summed E-state index contributed by atoms with van der Waals surface area (Å²) in [7, 11) is 5.22. The Kier molecular flexibility index (Phi) is 6.82. The van der Waals surface area contributed by atoms with E-state index < -0.39 is 5.82 Å². The lowest BCUT2D eigenvalue weighted by atomic mass is 9.94. The van der Waals surface area contributed by atoms with Gasteiger partial charge in [-0.15, -0.1) is 0 Å². The molecular formula is C21H26ClFN4O2. The van der Waals surface area contributed by atoms with Crippen LogP contribution in [0.4, 0.5) is 10.1 Å². The fourth-order valence-corrected chi connectivity index (χ4v) is 3.86. The number of methoxy groups -OCH3 is 2. The highest BCUT2D eigenvalue weighted by Gasteiger charge is 2.33. The molecule has 1 heterocycles. The van der Waals surface area contributed by atoms with Crippen molar-refractivity contribution in [3.05, 3.63) is 52.8 Å². The van der Waals surface area contributed by atoms with Gasteiger partial charge in [0, 0.05) is 18.7 Å². The van der Waals surface area contributed by atoms with E-state index in [0.717, 1.165) is 18.5 Å². The molecule has 0 radical (unpaired) electrons. The van der Waals surface area contributed by atoms with Crippen molar-refractivity contribution in [2.75, 3.05) is 39.7 Å². The molecule has 3 N–H and O–H groups in total. The summed E-state index contributed by atoms with van der Waals surface area (Å²) in [6, 6.07) is 10.4. The smallest absolute Gasteiger partial charge is 0.193 e. The lowest BCUT2D eigenvalue weighted by Crippen LogP contribution is -2.26. The molecule has 1 aliphatic heterocycles. The maximum Gasteiger partial charge on any atom is 0.193 e. The van der Waals surface area contributed by atoms with Crippen molar-refractivity contribution < 1.29 is 13.9 Å². The van der Waals surface area contributed by atoms with Crippen molar-refractivity contribution in [1.82, 2.24) is 4.90 Å². The first kappa shape index (κ1) is 21.2. The molecule has 2 aromatic carbocycles. The molecule has 0 saturated carbocycles. The van der Waals surface area contributed by atoms with Crippen LogP contribution in [0.5, 0.6) is 11.5 Å². The number of nitrogens with zero attached hydrogens (tertiary/aromatic N) is 2. The molecule has 29 heavy (non-hydrogen) atoms. The van der Waals surface area contributed by atoms with Crippen molar-refractivity contribution in [3.8, 4) is 11.5 Å². The molecule has 1 aliphatic rings. The van der Waals surface area contributed by atoms with Crippen LogP contribution >= 0.6 is 11.6 Å². The molecule has 0 amide bonds. The summed E-state index contributed by atoms with van der Waals surface area (Å²) in [6.45, 7) is 1.43. The Labute approximate surface area is 175 Å². The van der Waals surface area contributed by atoms with Gasteiger partial charge < -0.3 is 20.5 Å². The minimum atomic E-state index is -0.405. The SMILES string of the molecule is COc1ccc(OC)c(NC(N)=NCC2CCN(C)C2c2ccc(Cl)c(F)c2)c1. The van der Waals surface area contributed by atoms with E-state index in [1.54, 1.807) is 32.4 Å². The quantitative estimate of drug-likeness (QED) is 0.547. The molecule has 6 nitrogen and oxygen atoms in total. The van der Waals surface area contributed by atoms with Gasteiger partial charge in [0.1, 0.15) is 17.3 Å². The number of hydrogen-bond donors (Lipinski definition) is 2. The first-order valence-electron chi connectivity index (χ1n) is 9.37. The van der Waals surface area contributed by atoms with Gasteiger partial charge in [0.15, 0.2) is 5.96 Å². The van der Waals surface area contributed by atoms with Gasteiger partial charge in [-0.2, -0.15) is 0 Å². The fraction of sp³-hybridized carbons (Fsp3) is 0.381. The summed E-state index contributed by atoms with van der Waals surface area (Å²) in [6.07, 6.45) is 0.949. The summed E-state index contributed by atoms with van der Waals surface area (Å²) in [5, 5.41) is 3.20. The zero-order valence-corrected chi connectivity index (χ0v) is 17.5. The third kappa shape index (κ3) is 4.92. The number of nitrogens with one attached hydrogen (secondary N) is 1. The molecule has 3 rings (SSSR count). The average Bonchev–Trinajstić information content (AvgIpc) is 3.09. The molecule has 156 valence electrons. The van der Waals surface area contributed by atoms with Gasteiger partial charge in [-0.05, 0) is 55.8 Å². The lowest BCUT2D eigenvalue weighted by molar-refractivity contribution is 0.279. The topological polar surface area (TPSA) is 72.1 Å². The van der Waals surface area contributed by atoms with Gasteiger partial charge >= 0.3 is 0 Å². The van der Waals surface area contributed by atoms with Crippen molar-refractivity contribution >= 4 is 23.2 Å². The minimum Gasteiger partial charge on any atom is -0.497 e. The summed E-state index contributed by atoms with van der Waals surface area (Å²) in [5.41, 5.74) is 7.68. The van der Waals surface area contributed by atoms with Gasteiger partial charge in [0.25, 0.3) is 0 Å². The highest BCUT2D eigenvalue weighted by molar-refractivity contribution is 6.30.